The van der Waals surface area contributed by atoms with Crippen molar-refractivity contribution in [1.82, 2.24) is 15.5 Å². The van der Waals surface area contributed by atoms with Gasteiger partial charge in [-0.05, 0) is 30.5 Å². The van der Waals surface area contributed by atoms with E-state index in [2.05, 4.69) is 10.6 Å². The van der Waals surface area contributed by atoms with Crippen LogP contribution in [-0.2, 0) is 9.53 Å². The van der Waals surface area contributed by atoms with Crippen molar-refractivity contribution in [3.63, 3.8) is 0 Å². The van der Waals surface area contributed by atoms with E-state index in [-0.39, 0.29) is 23.8 Å². The van der Waals surface area contributed by atoms with Gasteiger partial charge in [0.05, 0.1) is 6.04 Å². The topological polar surface area (TPSA) is 70.7 Å². The highest BCUT2D eigenvalue weighted by atomic mass is 16.5. The number of carbonyl (C=O) groups excluding carboxylic acids is 2. The number of nitrogens with zero attached hydrogens (tertiary/aromatic N) is 1. The highest BCUT2D eigenvalue weighted by molar-refractivity contribution is 5.94. The predicted octanol–water partition coefficient (Wildman–Crippen LogP) is 0.946. The normalized spacial score (nSPS) is 22.2. The van der Waals surface area contributed by atoms with Crippen molar-refractivity contribution in [2.75, 3.05) is 39.9 Å². The Morgan fingerprint density at radius 3 is 2.83 bits per heavy atom. The first kappa shape index (κ1) is 16.9. The number of rotatable bonds is 3. The third-order valence-corrected chi connectivity index (χ3v) is 4.86. The number of hydrogen-bond donors (Lipinski definition) is 2. The molecule has 0 spiro atoms. The zero-order chi connectivity index (χ0) is 16.9. The fourth-order valence-electron chi connectivity index (χ4n) is 3.48. The van der Waals surface area contributed by atoms with Crippen LogP contribution in [0.3, 0.4) is 0 Å². The molecular formula is C18H25N3O3. The van der Waals surface area contributed by atoms with E-state index in [1.54, 1.807) is 13.1 Å². The van der Waals surface area contributed by atoms with Crippen LogP contribution in [0.2, 0.25) is 0 Å². The lowest BCUT2D eigenvalue weighted by molar-refractivity contribution is -0.142. The molecule has 0 saturated carbocycles. The second kappa shape index (κ2) is 7.77. The van der Waals surface area contributed by atoms with E-state index < -0.39 is 0 Å². The van der Waals surface area contributed by atoms with Crippen LogP contribution in [0.15, 0.2) is 24.3 Å². The monoisotopic (exact) mass is 331 g/mol. The molecule has 0 bridgehead atoms. The van der Waals surface area contributed by atoms with Crippen LogP contribution < -0.4 is 10.6 Å². The minimum atomic E-state index is -0.108. The predicted molar refractivity (Wildman–Crippen MR) is 90.7 cm³/mol. The summed E-state index contributed by atoms with van der Waals surface area (Å²) in [6, 6.07) is 7.53. The number of amides is 2. The molecule has 1 aromatic carbocycles. The van der Waals surface area contributed by atoms with E-state index >= 15 is 0 Å². The number of carbonyl (C=O) groups is 2. The van der Waals surface area contributed by atoms with Crippen LogP contribution in [-0.4, -0.2) is 56.6 Å². The number of piperazine rings is 1. The van der Waals surface area contributed by atoms with E-state index in [1.807, 2.05) is 23.1 Å². The molecule has 2 N–H and O–H groups in total. The Kier molecular flexibility index (Phi) is 5.48. The van der Waals surface area contributed by atoms with Gasteiger partial charge in [0.25, 0.3) is 5.91 Å². The zero-order valence-corrected chi connectivity index (χ0v) is 14.1. The summed E-state index contributed by atoms with van der Waals surface area (Å²) in [4.78, 5) is 26.8. The average Bonchev–Trinajstić information content (AvgIpc) is 2.67. The smallest absolute Gasteiger partial charge is 0.251 e. The van der Waals surface area contributed by atoms with Crippen molar-refractivity contribution in [2.45, 2.75) is 18.9 Å². The lowest BCUT2D eigenvalue weighted by atomic mass is 9.95. The lowest BCUT2D eigenvalue weighted by Crippen LogP contribution is -2.51. The maximum absolute atomic E-state index is 13.0. The number of ether oxygens (including phenoxy) is 1. The van der Waals surface area contributed by atoms with Gasteiger partial charge in [-0.2, -0.15) is 0 Å². The van der Waals surface area contributed by atoms with E-state index in [9.17, 15) is 9.59 Å². The van der Waals surface area contributed by atoms with Gasteiger partial charge in [0.2, 0.25) is 5.91 Å². The summed E-state index contributed by atoms with van der Waals surface area (Å²) in [5.41, 5.74) is 1.63. The molecule has 3 rings (SSSR count). The molecule has 6 nitrogen and oxygen atoms in total. The molecule has 2 amide bonds. The van der Waals surface area contributed by atoms with Gasteiger partial charge in [0, 0.05) is 51.4 Å². The second-order valence-electron chi connectivity index (χ2n) is 6.34. The lowest BCUT2D eigenvalue weighted by Gasteiger charge is -2.39. The SMILES string of the molecule is CNC(=O)c1cccc(C2CNCCN2C(=O)C2CCOCC2)c1. The first-order valence-electron chi connectivity index (χ1n) is 8.61. The molecule has 24 heavy (non-hydrogen) atoms. The second-order valence-corrected chi connectivity index (χ2v) is 6.34. The Morgan fingerprint density at radius 2 is 2.08 bits per heavy atom. The van der Waals surface area contributed by atoms with Gasteiger partial charge in [-0.15, -0.1) is 0 Å². The molecule has 2 aliphatic rings. The van der Waals surface area contributed by atoms with Gasteiger partial charge in [0.15, 0.2) is 0 Å². The average molecular weight is 331 g/mol. The van der Waals surface area contributed by atoms with E-state index in [1.165, 1.54) is 0 Å². The third kappa shape index (κ3) is 3.60. The fraction of sp³-hybridized carbons (Fsp3) is 0.556. The molecule has 6 heteroatoms. The fourth-order valence-corrected chi connectivity index (χ4v) is 3.48. The Labute approximate surface area is 142 Å². The van der Waals surface area contributed by atoms with Crippen molar-refractivity contribution < 1.29 is 14.3 Å². The van der Waals surface area contributed by atoms with E-state index in [0.717, 1.165) is 24.9 Å². The molecule has 1 unspecified atom stereocenters. The van der Waals surface area contributed by atoms with Gasteiger partial charge in [0.1, 0.15) is 0 Å². The number of benzene rings is 1. The van der Waals surface area contributed by atoms with Crippen molar-refractivity contribution in [3.8, 4) is 0 Å². The molecular weight excluding hydrogens is 306 g/mol. The summed E-state index contributed by atoms with van der Waals surface area (Å²) in [5.74, 6) is 0.166. The largest absolute Gasteiger partial charge is 0.381 e. The van der Waals surface area contributed by atoms with Crippen LogP contribution in [0, 0.1) is 5.92 Å². The summed E-state index contributed by atoms with van der Waals surface area (Å²) in [7, 11) is 1.62. The molecule has 2 fully saturated rings. The summed E-state index contributed by atoms with van der Waals surface area (Å²) in [6.07, 6.45) is 1.60. The van der Waals surface area contributed by atoms with Crippen molar-refractivity contribution >= 4 is 11.8 Å². The summed E-state index contributed by atoms with van der Waals surface area (Å²) in [5, 5.41) is 6.01. The summed E-state index contributed by atoms with van der Waals surface area (Å²) < 4.78 is 5.38. The van der Waals surface area contributed by atoms with Crippen LogP contribution >= 0.6 is 0 Å². The molecule has 2 heterocycles. The van der Waals surface area contributed by atoms with E-state index in [4.69, 9.17) is 4.74 Å². The maximum Gasteiger partial charge on any atom is 0.251 e. The Balaban J connectivity index is 1.81. The van der Waals surface area contributed by atoms with E-state index in [0.29, 0.717) is 31.9 Å². The highest BCUT2D eigenvalue weighted by Gasteiger charge is 2.33. The molecule has 2 aliphatic heterocycles. The van der Waals surface area contributed by atoms with Crippen LogP contribution in [0.5, 0.6) is 0 Å². The first-order chi connectivity index (χ1) is 11.7. The van der Waals surface area contributed by atoms with Gasteiger partial charge in [-0.25, -0.2) is 0 Å². The molecule has 0 radical (unpaired) electrons. The first-order valence-corrected chi connectivity index (χ1v) is 8.61. The molecule has 0 aliphatic carbocycles. The van der Waals surface area contributed by atoms with Gasteiger partial charge in [-0.3, -0.25) is 9.59 Å². The standard InChI is InChI=1S/C18H25N3O3/c1-19-17(22)15-4-2-3-14(11-15)16-12-20-7-8-21(16)18(23)13-5-9-24-10-6-13/h2-4,11,13,16,20H,5-10,12H2,1H3,(H,19,22). The van der Waals surface area contributed by atoms with Crippen LogP contribution in [0.25, 0.3) is 0 Å². The summed E-state index contributed by atoms with van der Waals surface area (Å²) >= 11 is 0. The minimum absolute atomic E-state index is 0.0290. The maximum atomic E-state index is 13.0. The zero-order valence-electron chi connectivity index (χ0n) is 14.1. The van der Waals surface area contributed by atoms with Crippen LogP contribution in [0.4, 0.5) is 0 Å². The molecule has 0 aromatic heterocycles. The minimum Gasteiger partial charge on any atom is -0.381 e. The van der Waals surface area contributed by atoms with Crippen molar-refractivity contribution in [3.05, 3.63) is 35.4 Å². The number of hydrogen-bond acceptors (Lipinski definition) is 4. The van der Waals surface area contributed by atoms with Gasteiger partial charge in [-0.1, -0.05) is 12.1 Å². The third-order valence-electron chi connectivity index (χ3n) is 4.86. The van der Waals surface area contributed by atoms with Crippen molar-refractivity contribution in [2.24, 2.45) is 5.92 Å². The Hall–Kier alpha value is -1.92. The summed E-state index contributed by atoms with van der Waals surface area (Å²) in [6.45, 7) is 3.55. The Bertz CT molecular complexity index is 599. The Morgan fingerprint density at radius 1 is 1.29 bits per heavy atom. The number of nitrogens with one attached hydrogen (secondary N) is 2. The molecule has 2 saturated heterocycles. The van der Waals surface area contributed by atoms with Crippen molar-refractivity contribution in [1.29, 1.82) is 0 Å². The van der Waals surface area contributed by atoms with Gasteiger partial charge < -0.3 is 20.3 Å². The quantitative estimate of drug-likeness (QED) is 0.865. The van der Waals surface area contributed by atoms with Crippen LogP contribution in [0.1, 0.15) is 34.8 Å². The van der Waals surface area contributed by atoms with Gasteiger partial charge >= 0.3 is 0 Å². The molecule has 1 atom stereocenters. The highest BCUT2D eigenvalue weighted by Crippen LogP contribution is 2.27. The molecule has 130 valence electrons. The molecule has 1 aromatic rings.